The molecule has 0 heterocycles. The number of hydrogen-bond donors (Lipinski definition) is 1. The summed E-state index contributed by atoms with van der Waals surface area (Å²) < 4.78 is 6.00. The lowest BCUT2D eigenvalue weighted by Gasteiger charge is -2.16. The van der Waals surface area contributed by atoms with Gasteiger partial charge in [-0.3, -0.25) is 0 Å². The maximum Gasteiger partial charge on any atom is 0.120 e. The molecule has 0 amide bonds. The van der Waals surface area contributed by atoms with Gasteiger partial charge < -0.3 is 10.1 Å². The summed E-state index contributed by atoms with van der Waals surface area (Å²) >= 11 is 0. The lowest BCUT2D eigenvalue weighted by Crippen LogP contribution is -2.25. The molecule has 0 fully saturated rings. The first kappa shape index (κ1) is 14.9. The third-order valence-corrected chi connectivity index (χ3v) is 3.40. The number of fused-ring (bicyclic) bond motifs is 1. The molecule has 0 aliphatic carbocycles. The van der Waals surface area contributed by atoms with Crippen molar-refractivity contribution in [2.75, 3.05) is 6.54 Å². The molecule has 1 unspecified atom stereocenters. The van der Waals surface area contributed by atoms with Crippen LogP contribution in [0.25, 0.3) is 10.8 Å². The summed E-state index contributed by atoms with van der Waals surface area (Å²) in [5.41, 5.74) is 0. The van der Waals surface area contributed by atoms with E-state index in [1.165, 1.54) is 10.8 Å². The van der Waals surface area contributed by atoms with Crippen LogP contribution in [0.15, 0.2) is 42.5 Å². The Kier molecular flexibility index (Phi) is 5.42. The SMILES string of the molecule is CC(C)NCCCC(C)Oc1ccc2ccccc2c1. The predicted octanol–water partition coefficient (Wildman–Crippen LogP) is 4.39. The molecule has 1 atom stereocenters. The number of benzene rings is 2. The smallest absolute Gasteiger partial charge is 0.120 e. The Morgan fingerprint density at radius 1 is 1.00 bits per heavy atom. The van der Waals surface area contributed by atoms with Crippen molar-refractivity contribution in [3.8, 4) is 5.75 Å². The molecular weight excluding hydrogens is 246 g/mol. The molecule has 2 aromatic rings. The second-order valence-corrected chi connectivity index (χ2v) is 5.69. The fourth-order valence-electron chi connectivity index (χ4n) is 2.31. The highest BCUT2D eigenvalue weighted by Crippen LogP contribution is 2.22. The van der Waals surface area contributed by atoms with Crippen LogP contribution < -0.4 is 10.1 Å². The molecule has 2 aromatic carbocycles. The van der Waals surface area contributed by atoms with Crippen LogP contribution in [0.3, 0.4) is 0 Å². The van der Waals surface area contributed by atoms with Crippen molar-refractivity contribution in [2.45, 2.75) is 45.8 Å². The van der Waals surface area contributed by atoms with Gasteiger partial charge in [-0.2, -0.15) is 0 Å². The second-order valence-electron chi connectivity index (χ2n) is 5.69. The lowest BCUT2D eigenvalue weighted by molar-refractivity contribution is 0.207. The van der Waals surface area contributed by atoms with Gasteiger partial charge >= 0.3 is 0 Å². The van der Waals surface area contributed by atoms with E-state index in [-0.39, 0.29) is 6.10 Å². The van der Waals surface area contributed by atoms with Crippen LogP contribution in [-0.4, -0.2) is 18.7 Å². The molecule has 0 saturated heterocycles. The van der Waals surface area contributed by atoms with Gasteiger partial charge in [0.1, 0.15) is 5.75 Å². The van der Waals surface area contributed by atoms with Crippen LogP contribution in [-0.2, 0) is 0 Å². The van der Waals surface area contributed by atoms with E-state index in [1.807, 2.05) is 0 Å². The lowest BCUT2D eigenvalue weighted by atomic mass is 10.1. The highest BCUT2D eigenvalue weighted by molar-refractivity contribution is 5.83. The largest absolute Gasteiger partial charge is 0.491 e. The fraction of sp³-hybridized carbons (Fsp3) is 0.444. The molecule has 0 spiro atoms. The Hall–Kier alpha value is -1.54. The van der Waals surface area contributed by atoms with Gasteiger partial charge in [0.05, 0.1) is 6.10 Å². The van der Waals surface area contributed by atoms with E-state index in [1.54, 1.807) is 0 Å². The van der Waals surface area contributed by atoms with Crippen molar-refractivity contribution in [1.29, 1.82) is 0 Å². The van der Waals surface area contributed by atoms with Crippen molar-refractivity contribution >= 4 is 10.8 Å². The first-order valence-corrected chi connectivity index (χ1v) is 7.54. The molecule has 0 saturated carbocycles. The molecule has 0 bridgehead atoms. The highest BCUT2D eigenvalue weighted by Gasteiger charge is 2.05. The number of rotatable bonds is 7. The standard InChI is InChI=1S/C18H25NO/c1-14(2)19-12-6-7-15(3)20-18-11-10-16-8-4-5-9-17(16)13-18/h4-5,8-11,13-15,19H,6-7,12H2,1-3H3. The van der Waals surface area contributed by atoms with Crippen LogP contribution in [0.4, 0.5) is 0 Å². The normalized spacial score (nSPS) is 12.8. The molecule has 0 aliphatic rings. The third kappa shape index (κ3) is 4.53. The van der Waals surface area contributed by atoms with E-state index < -0.39 is 0 Å². The van der Waals surface area contributed by atoms with Gasteiger partial charge in [0.2, 0.25) is 0 Å². The average Bonchev–Trinajstić information content (AvgIpc) is 2.43. The zero-order valence-corrected chi connectivity index (χ0v) is 12.7. The Morgan fingerprint density at radius 2 is 1.75 bits per heavy atom. The summed E-state index contributed by atoms with van der Waals surface area (Å²) in [5.74, 6) is 0.966. The quantitative estimate of drug-likeness (QED) is 0.754. The molecule has 2 heteroatoms. The predicted molar refractivity (Wildman–Crippen MR) is 86.4 cm³/mol. The van der Waals surface area contributed by atoms with E-state index in [0.717, 1.165) is 25.1 Å². The molecule has 108 valence electrons. The number of ether oxygens (including phenoxy) is 1. The Morgan fingerprint density at radius 3 is 2.50 bits per heavy atom. The average molecular weight is 271 g/mol. The van der Waals surface area contributed by atoms with Crippen molar-refractivity contribution in [1.82, 2.24) is 5.32 Å². The van der Waals surface area contributed by atoms with Crippen molar-refractivity contribution in [3.05, 3.63) is 42.5 Å². The van der Waals surface area contributed by atoms with Gasteiger partial charge in [-0.05, 0) is 49.2 Å². The van der Waals surface area contributed by atoms with Crippen molar-refractivity contribution in [3.63, 3.8) is 0 Å². The Labute approximate surface area is 122 Å². The van der Waals surface area contributed by atoms with Crippen LogP contribution in [0.1, 0.15) is 33.6 Å². The van der Waals surface area contributed by atoms with Gasteiger partial charge in [0.25, 0.3) is 0 Å². The fourth-order valence-corrected chi connectivity index (χ4v) is 2.31. The van der Waals surface area contributed by atoms with E-state index in [4.69, 9.17) is 4.74 Å². The molecule has 1 N–H and O–H groups in total. The monoisotopic (exact) mass is 271 g/mol. The molecule has 0 aromatic heterocycles. The van der Waals surface area contributed by atoms with Gasteiger partial charge in [-0.1, -0.05) is 44.2 Å². The summed E-state index contributed by atoms with van der Waals surface area (Å²) in [4.78, 5) is 0. The van der Waals surface area contributed by atoms with Crippen LogP contribution >= 0.6 is 0 Å². The zero-order valence-electron chi connectivity index (χ0n) is 12.7. The minimum absolute atomic E-state index is 0.255. The first-order valence-electron chi connectivity index (χ1n) is 7.54. The van der Waals surface area contributed by atoms with Gasteiger partial charge in [0, 0.05) is 6.04 Å². The van der Waals surface area contributed by atoms with E-state index in [0.29, 0.717) is 6.04 Å². The molecule has 0 radical (unpaired) electrons. The van der Waals surface area contributed by atoms with Crippen LogP contribution in [0.5, 0.6) is 5.75 Å². The topological polar surface area (TPSA) is 21.3 Å². The van der Waals surface area contributed by atoms with Gasteiger partial charge in [-0.15, -0.1) is 0 Å². The molecule has 0 aliphatic heterocycles. The summed E-state index contributed by atoms with van der Waals surface area (Å²) in [6.45, 7) is 7.55. The van der Waals surface area contributed by atoms with E-state index in [9.17, 15) is 0 Å². The minimum atomic E-state index is 0.255. The summed E-state index contributed by atoms with van der Waals surface area (Å²) in [5, 5.41) is 5.93. The van der Waals surface area contributed by atoms with E-state index >= 15 is 0 Å². The number of nitrogens with one attached hydrogen (secondary N) is 1. The van der Waals surface area contributed by atoms with Gasteiger partial charge in [-0.25, -0.2) is 0 Å². The summed E-state index contributed by atoms with van der Waals surface area (Å²) in [6, 6.07) is 15.2. The van der Waals surface area contributed by atoms with Crippen LogP contribution in [0.2, 0.25) is 0 Å². The maximum atomic E-state index is 6.00. The van der Waals surface area contributed by atoms with E-state index in [2.05, 4.69) is 68.6 Å². The van der Waals surface area contributed by atoms with Crippen molar-refractivity contribution in [2.24, 2.45) is 0 Å². The number of hydrogen-bond acceptors (Lipinski definition) is 2. The third-order valence-electron chi connectivity index (χ3n) is 3.40. The van der Waals surface area contributed by atoms with Crippen molar-refractivity contribution < 1.29 is 4.74 Å². The van der Waals surface area contributed by atoms with Gasteiger partial charge in [0.15, 0.2) is 0 Å². The summed E-state index contributed by atoms with van der Waals surface area (Å²) in [6.07, 6.45) is 2.48. The maximum absolute atomic E-state index is 6.00. The Bertz CT molecular complexity index is 536. The molecular formula is C18H25NO. The Balaban J connectivity index is 1.84. The summed E-state index contributed by atoms with van der Waals surface area (Å²) in [7, 11) is 0. The molecule has 2 rings (SSSR count). The molecule has 20 heavy (non-hydrogen) atoms. The molecule has 2 nitrogen and oxygen atoms in total. The minimum Gasteiger partial charge on any atom is -0.491 e. The zero-order chi connectivity index (χ0) is 14.4. The first-order chi connectivity index (χ1) is 9.65. The highest BCUT2D eigenvalue weighted by atomic mass is 16.5. The second kappa shape index (κ2) is 7.30. The van der Waals surface area contributed by atoms with Crippen LogP contribution in [0, 0.1) is 0 Å².